The summed E-state index contributed by atoms with van der Waals surface area (Å²) in [6.07, 6.45) is 3.93. The molecule has 1 N–H and O–H groups in total. The molecule has 34 heavy (non-hydrogen) atoms. The zero-order chi connectivity index (χ0) is 24.1. The van der Waals surface area contributed by atoms with Gasteiger partial charge in [-0.15, -0.1) is 0 Å². The van der Waals surface area contributed by atoms with Crippen molar-refractivity contribution in [2.45, 2.75) is 45.6 Å². The predicted octanol–water partition coefficient (Wildman–Crippen LogP) is 4.67. The van der Waals surface area contributed by atoms with Gasteiger partial charge in [0.2, 0.25) is 5.91 Å². The molecule has 1 saturated heterocycles. The second kappa shape index (κ2) is 10.5. The van der Waals surface area contributed by atoms with Gasteiger partial charge in [-0.2, -0.15) is 0 Å². The van der Waals surface area contributed by atoms with Crippen LogP contribution in [0.2, 0.25) is 0 Å². The maximum Gasteiger partial charge on any atom is 0.409 e. The molecule has 7 nitrogen and oxygen atoms in total. The van der Waals surface area contributed by atoms with E-state index in [4.69, 9.17) is 4.74 Å². The molecule has 0 bridgehead atoms. The topological polar surface area (TPSA) is 80.6 Å². The fourth-order valence-corrected chi connectivity index (χ4v) is 4.57. The van der Waals surface area contributed by atoms with E-state index in [0.29, 0.717) is 56.5 Å². The van der Waals surface area contributed by atoms with E-state index < -0.39 is 0 Å². The monoisotopic (exact) mass is 461 g/mol. The summed E-state index contributed by atoms with van der Waals surface area (Å²) in [5.41, 5.74) is 2.87. The Kier molecular flexibility index (Phi) is 7.30. The lowest BCUT2D eigenvalue weighted by Crippen LogP contribution is -2.41. The Bertz CT molecular complexity index is 1240. The second-order valence-corrected chi connectivity index (χ2v) is 8.75. The van der Waals surface area contributed by atoms with Gasteiger partial charge in [0.05, 0.1) is 6.61 Å². The van der Waals surface area contributed by atoms with Gasteiger partial charge < -0.3 is 19.5 Å². The van der Waals surface area contributed by atoms with Crippen LogP contribution in [0.3, 0.4) is 0 Å². The van der Waals surface area contributed by atoms with Crippen molar-refractivity contribution in [2.75, 3.05) is 25.0 Å². The van der Waals surface area contributed by atoms with E-state index in [1.54, 1.807) is 34.7 Å². The number of carbonyl (C=O) groups is 2. The molecule has 2 amide bonds. The number of ether oxygens (including phenoxy) is 1. The Balaban J connectivity index is 1.45. The van der Waals surface area contributed by atoms with Crippen LogP contribution in [0.4, 0.5) is 10.5 Å². The van der Waals surface area contributed by atoms with Crippen molar-refractivity contribution < 1.29 is 14.3 Å². The highest BCUT2D eigenvalue weighted by Crippen LogP contribution is 2.25. The summed E-state index contributed by atoms with van der Waals surface area (Å²) in [6.45, 7) is 5.31. The minimum atomic E-state index is -0.297. The SMILES string of the molecule is CCOC(=O)N1CCC(n2ccc3c(NC(=O)CCc4cccc(C)c4)cccc3c2=O)CC1. The van der Waals surface area contributed by atoms with Crippen molar-refractivity contribution in [3.8, 4) is 0 Å². The summed E-state index contributed by atoms with van der Waals surface area (Å²) >= 11 is 0. The number of amides is 2. The van der Waals surface area contributed by atoms with Crippen LogP contribution in [-0.2, 0) is 16.0 Å². The number of aromatic nitrogens is 1. The van der Waals surface area contributed by atoms with Crippen molar-refractivity contribution in [2.24, 2.45) is 0 Å². The fourth-order valence-electron chi connectivity index (χ4n) is 4.57. The number of likely N-dealkylation sites (tertiary alicyclic amines) is 1. The van der Waals surface area contributed by atoms with Gasteiger partial charge in [0.15, 0.2) is 0 Å². The number of carbonyl (C=O) groups excluding carboxylic acids is 2. The minimum absolute atomic E-state index is 0.0233. The van der Waals surface area contributed by atoms with Crippen LogP contribution < -0.4 is 10.9 Å². The predicted molar refractivity (Wildman–Crippen MR) is 133 cm³/mol. The van der Waals surface area contributed by atoms with Crippen LogP contribution in [-0.4, -0.2) is 41.2 Å². The first kappa shape index (κ1) is 23.5. The van der Waals surface area contributed by atoms with Crippen molar-refractivity contribution in [1.29, 1.82) is 0 Å². The lowest BCUT2D eigenvalue weighted by Gasteiger charge is -2.32. The Morgan fingerprint density at radius 2 is 1.82 bits per heavy atom. The molecule has 2 aromatic carbocycles. The maximum atomic E-state index is 13.3. The quantitative estimate of drug-likeness (QED) is 0.578. The van der Waals surface area contributed by atoms with E-state index in [-0.39, 0.29) is 23.6 Å². The standard InChI is InChI=1S/C27H31N3O4/c1-3-34-27(33)29-15-12-21(13-16-29)30-17-14-22-23(26(30)32)8-5-9-24(22)28-25(31)11-10-20-7-4-6-19(2)18-20/h4-9,14,17-18,21H,3,10-13,15-16H2,1-2H3,(H,28,31). The molecule has 0 atom stereocenters. The molecule has 1 aliphatic heterocycles. The van der Waals surface area contributed by atoms with Crippen molar-refractivity contribution in [3.63, 3.8) is 0 Å². The lowest BCUT2D eigenvalue weighted by atomic mass is 10.0. The minimum Gasteiger partial charge on any atom is -0.450 e. The van der Waals surface area contributed by atoms with Crippen LogP contribution in [0.25, 0.3) is 10.8 Å². The van der Waals surface area contributed by atoms with Gasteiger partial charge >= 0.3 is 6.09 Å². The van der Waals surface area contributed by atoms with Crippen LogP contribution in [0.5, 0.6) is 0 Å². The first-order valence-electron chi connectivity index (χ1n) is 11.9. The lowest BCUT2D eigenvalue weighted by molar-refractivity contribution is -0.116. The van der Waals surface area contributed by atoms with E-state index in [9.17, 15) is 14.4 Å². The largest absolute Gasteiger partial charge is 0.450 e. The molecule has 0 unspecified atom stereocenters. The number of benzene rings is 2. The molecule has 178 valence electrons. The van der Waals surface area contributed by atoms with Crippen LogP contribution in [0.15, 0.2) is 59.5 Å². The third kappa shape index (κ3) is 5.30. The number of hydrogen-bond acceptors (Lipinski definition) is 4. The first-order chi connectivity index (χ1) is 16.5. The van der Waals surface area contributed by atoms with Crippen molar-refractivity contribution in [1.82, 2.24) is 9.47 Å². The molecule has 1 fully saturated rings. The summed E-state index contributed by atoms with van der Waals surface area (Å²) in [7, 11) is 0. The Morgan fingerprint density at radius 3 is 2.56 bits per heavy atom. The number of hydrogen-bond donors (Lipinski definition) is 1. The molecule has 7 heteroatoms. The molecule has 0 saturated carbocycles. The summed E-state index contributed by atoms with van der Waals surface area (Å²) in [6, 6.07) is 15.5. The van der Waals surface area contributed by atoms with Crippen LogP contribution in [0.1, 0.15) is 43.4 Å². The number of piperidine rings is 1. The van der Waals surface area contributed by atoms with Gasteiger partial charge in [-0.1, -0.05) is 35.9 Å². The van der Waals surface area contributed by atoms with Gasteiger partial charge in [-0.3, -0.25) is 9.59 Å². The summed E-state index contributed by atoms with van der Waals surface area (Å²) < 4.78 is 6.84. The first-order valence-corrected chi connectivity index (χ1v) is 11.9. The number of nitrogens with one attached hydrogen (secondary N) is 1. The molecule has 1 aliphatic rings. The number of anilines is 1. The number of pyridine rings is 1. The van der Waals surface area contributed by atoms with Gasteiger partial charge in [-0.05, 0) is 56.9 Å². The van der Waals surface area contributed by atoms with Gasteiger partial charge in [0.1, 0.15) is 0 Å². The van der Waals surface area contributed by atoms with E-state index >= 15 is 0 Å². The van der Waals surface area contributed by atoms with Gasteiger partial charge in [0, 0.05) is 48.2 Å². The smallest absolute Gasteiger partial charge is 0.409 e. The highest BCUT2D eigenvalue weighted by atomic mass is 16.6. The summed E-state index contributed by atoms with van der Waals surface area (Å²) in [5, 5.41) is 4.29. The fraction of sp³-hybridized carbons (Fsp3) is 0.370. The molecule has 1 aromatic heterocycles. The highest BCUT2D eigenvalue weighted by molar-refractivity contribution is 6.01. The van der Waals surface area contributed by atoms with Crippen LogP contribution >= 0.6 is 0 Å². The van der Waals surface area contributed by atoms with E-state index in [1.807, 2.05) is 37.3 Å². The second-order valence-electron chi connectivity index (χ2n) is 8.75. The summed E-state index contributed by atoms with van der Waals surface area (Å²) in [4.78, 5) is 39.5. The average molecular weight is 462 g/mol. The highest BCUT2D eigenvalue weighted by Gasteiger charge is 2.25. The summed E-state index contributed by atoms with van der Waals surface area (Å²) in [5.74, 6) is -0.0791. The molecule has 3 aromatic rings. The number of rotatable bonds is 6. The molecule has 0 aliphatic carbocycles. The molecular weight excluding hydrogens is 430 g/mol. The molecule has 0 spiro atoms. The average Bonchev–Trinajstić information content (AvgIpc) is 2.84. The van der Waals surface area contributed by atoms with Gasteiger partial charge in [-0.25, -0.2) is 4.79 Å². The normalized spacial score (nSPS) is 14.2. The molecule has 2 heterocycles. The molecule has 4 rings (SSSR count). The third-order valence-electron chi connectivity index (χ3n) is 6.35. The van der Waals surface area contributed by atoms with Crippen LogP contribution in [0, 0.1) is 6.92 Å². The van der Waals surface area contributed by atoms with Crippen molar-refractivity contribution in [3.05, 3.63) is 76.2 Å². The third-order valence-corrected chi connectivity index (χ3v) is 6.35. The zero-order valence-corrected chi connectivity index (χ0v) is 19.8. The molecular formula is C27H31N3O4. The zero-order valence-electron chi connectivity index (χ0n) is 19.8. The van der Waals surface area contributed by atoms with Crippen molar-refractivity contribution >= 4 is 28.5 Å². The molecule has 0 radical (unpaired) electrons. The Hall–Kier alpha value is -3.61. The van der Waals surface area contributed by atoms with E-state index in [0.717, 1.165) is 10.9 Å². The maximum absolute atomic E-state index is 13.3. The Labute approximate surface area is 199 Å². The Morgan fingerprint density at radius 1 is 1.06 bits per heavy atom. The van der Waals surface area contributed by atoms with Gasteiger partial charge in [0.25, 0.3) is 5.56 Å². The van der Waals surface area contributed by atoms with E-state index in [2.05, 4.69) is 11.4 Å². The number of aryl methyl sites for hydroxylation is 2. The number of fused-ring (bicyclic) bond motifs is 1. The number of nitrogens with zero attached hydrogens (tertiary/aromatic N) is 2. The van der Waals surface area contributed by atoms with E-state index in [1.165, 1.54) is 5.56 Å².